The summed E-state index contributed by atoms with van der Waals surface area (Å²) in [6.45, 7) is 3.34. The molecule has 1 saturated heterocycles. The lowest BCUT2D eigenvalue weighted by Crippen LogP contribution is -2.36. The molecule has 0 aliphatic carbocycles. The van der Waals surface area contributed by atoms with Crippen LogP contribution in [0.15, 0.2) is 36.7 Å². The summed E-state index contributed by atoms with van der Waals surface area (Å²) < 4.78 is 26.2. The van der Waals surface area contributed by atoms with Gasteiger partial charge in [0.1, 0.15) is 5.75 Å². The lowest BCUT2D eigenvalue weighted by Gasteiger charge is -2.27. The number of aromatic amines is 1. The highest BCUT2D eigenvalue weighted by atomic mass is 19.1. The van der Waals surface area contributed by atoms with Crippen LogP contribution in [0.3, 0.4) is 0 Å². The molecule has 0 radical (unpaired) electrons. The molecule has 3 aliphatic heterocycles. The molecule has 3 aliphatic rings. The Kier molecular flexibility index (Phi) is 6.46. The van der Waals surface area contributed by atoms with Gasteiger partial charge >= 0.3 is 0 Å². The maximum atomic E-state index is 14.5. The lowest BCUT2D eigenvalue weighted by molar-refractivity contribution is 0.0939. The monoisotopic (exact) mass is 505 g/mol. The van der Waals surface area contributed by atoms with Crippen LogP contribution < -0.4 is 20.1 Å². The molecule has 1 aromatic carbocycles. The highest BCUT2D eigenvalue weighted by Crippen LogP contribution is 2.44. The number of nitrogens with one attached hydrogen (secondary N) is 3. The molecule has 5 heterocycles. The number of halogens is 1. The molecule has 1 amide bonds. The molecule has 0 spiro atoms. The lowest BCUT2D eigenvalue weighted by atomic mass is 9.92. The number of hydrogen-bond acceptors (Lipinski definition) is 6. The van der Waals surface area contributed by atoms with E-state index >= 15 is 0 Å². The number of para-hydroxylation sites is 1. The van der Waals surface area contributed by atoms with Gasteiger partial charge in [-0.3, -0.25) is 9.78 Å². The first-order chi connectivity index (χ1) is 18.1. The number of fused-ring (bicyclic) bond motifs is 4. The van der Waals surface area contributed by atoms with E-state index in [0.29, 0.717) is 41.9 Å². The van der Waals surface area contributed by atoms with E-state index in [4.69, 9.17) is 9.47 Å². The van der Waals surface area contributed by atoms with Gasteiger partial charge in [-0.15, -0.1) is 0 Å². The molecule has 0 saturated carbocycles. The number of ether oxygens (including phenoxy) is 2. The van der Waals surface area contributed by atoms with Gasteiger partial charge in [0.25, 0.3) is 5.91 Å². The minimum absolute atomic E-state index is 0.0915. The van der Waals surface area contributed by atoms with Crippen LogP contribution in [0, 0.1) is 5.82 Å². The Morgan fingerprint density at radius 1 is 1.19 bits per heavy atom. The number of carbonyl (C=O) groups excluding carboxylic acids is 1. The molecule has 2 atom stereocenters. The summed E-state index contributed by atoms with van der Waals surface area (Å²) in [5, 5.41) is 6.42. The van der Waals surface area contributed by atoms with Crippen LogP contribution in [0.1, 0.15) is 54.1 Å². The predicted octanol–water partition coefficient (Wildman–Crippen LogP) is 4.82. The van der Waals surface area contributed by atoms with Crippen LogP contribution in [0.5, 0.6) is 11.5 Å². The van der Waals surface area contributed by atoms with Crippen molar-refractivity contribution < 1.29 is 18.7 Å². The van der Waals surface area contributed by atoms with E-state index in [1.54, 1.807) is 24.5 Å². The van der Waals surface area contributed by atoms with Crippen LogP contribution in [0.2, 0.25) is 0 Å². The van der Waals surface area contributed by atoms with Gasteiger partial charge in [0.05, 0.1) is 42.5 Å². The number of benzene rings is 1. The van der Waals surface area contributed by atoms with Gasteiger partial charge in [-0.1, -0.05) is 6.07 Å². The Morgan fingerprint density at radius 3 is 2.92 bits per heavy atom. The van der Waals surface area contributed by atoms with Crippen LogP contribution in [0.25, 0.3) is 11.3 Å². The zero-order chi connectivity index (χ0) is 25.4. The first kappa shape index (κ1) is 23.8. The fourth-order valence-corrected chi connectivity index (χ4v) is 6.05. The number of rotatable bonds is 3. The third-order valence-corrected chi connectivity index (χ3v) is 7.86. The van der Waals surface area contributed by atoms with Gasteiger partial charge in [0.2, 0.25) is 0 Å². The van der Waals surface area contributed by atoms with Crippen molar-refractivity contribution in [2.45, 2.75) is 44.1 Å². The summed E-state index contributed by atoms with van der Waals surface area (Å²) in [5.41, 5.74) is 3.98. The second-order valence-electron chi connectivity index (χ2n) is 10.00. The number of amides is 1. The van der Waals surface area contributed by atoms with Crippen molar-refractivity contribution in [3.05, 3.63) is 53.7 Å². The Labute approximate surface area is 215 Å². The van der Waals surface area contributed by atoms with Crippen molar-refractivity contribution in [1.29, 1.82) is 0 Å². The summed E-state index contributed by atoms with van der Waals surface area (Å²) in [5.74, 6) is 0.245. The smallest absolute Gasteiger partial charge is 0.255 e. The second-order valence-corrected chi connectivity index (χ2v) is 10.00. The molecule has 2 aromatic heterocycles. The highest BCUT2D eigenvalue weighted by Gasteiger charge is 2.34. The standard InChI is InChI=1S/C28H32FN5O3/c1-36-27-20(29)7-2-8-21(27)32-26-23-24-17(15-31-28(23)35)5-3-12-34-13-4-6-18(34)10-14-37-22-16-30-11-9-19(22)25(26)33-24/h2,7-9,11,16-18,32-33H,3-6,10,12-15H2,1H3,(H,31,35)/t17-,18+/m0/s1. The Morgan fingerprint density at radius 2 is 2.05 bits per heavy atom. The Hall–Kier alpha value is -3.59. The van der Waals surface area contributed by atoms with Crippen molar-refractivity contribution in [3.63, 3.8) is 0 Å². The van der Waals surface area contributed by atoms with E-state index in [9.17, 15) is 9.18 Å². The predicted molar refractivity (Wildman–Crippen MR) is 139 cm³/mol. The molecule has 6 rings (SSSR count). The van der Waals surface area contributed by atoms with Gasteiger partial charge < -0.3 is 30.0 Å². The zero-order valence-electron chi connectivity index (χ0n) is 21.0. The number of methoxy groups -OCH3 is 1. The molecular formula is C28H32FN5O3. The fraction of sp³-hybridized carbons (Fsp3) is 0.429. The number of H-pyrrole nitrogens is 1. The topological polar surface area (TPSA) is 91.5 Å². The van der Waals surface area contributed by atoms with Crippen molar-refractivity contribution in [3.8, 4) is 22.8 Å². The van der Waals surface area contributed by atoms with Crippen LogP contribution in [-0.2, 0) is 0 Å². The van der Waals surface area contributed by atoms with E-state index in [1.807, 2.05) is 6.07 Å². The number of nitrogens with zero attached hydrogens (tertiary/aromatic N) is 2. The molecule has 2 bridgehead atoms. The number of carbonyl (C=O) groups is 1. The first-order valence-corrected chi connectivity index (χ1v) is 13.1. The summed E-state index contributed by atoms with van der Waals surface area (Å²) >= 11 is 0. The summed E-state index contributed by atoms with van der Waals surface area (Å²) in [6, 6.07) is 7.13. The molecule has 3 N–H and O–H groups in total. The van der Waals surface area contributed by atoms with E-state index < -0.39 is 5.82 Å². The van der Waals surface area contributed by atoms with E-state index in [-0.39, 0.29) is 17.6 Å². The average molecular weight is 506 g/mol. The Balaban J connectivity index is 1.49. The van der Waals surface area contributed by atoms with Crippen molar-refractivity contribution >= 4 is 17.3 Å². The summed E-state index contributed by atoms with van der Waals surface area (Å²) in [7, 11) is 1.43. The van der Waals surface area contributed by atoms with Gasteiger partial charge in [0.15, 0.2) is 11.6 Å². The normalized spacial score (nSPS) is 21.7. The van der Waals surface area contributed by atoms with Gasteiger partial charge in [-0.25, -0.2) is 4.39 Å². The van der Waals surface area contributed by atoms with Crippen LogP contribution >= 0.6 is 0 Å². The van der Waals surface area contributed by atoms with Crippen LogP contribution in [0.4, 0.5) is 15.8 Å². The van der Waals surface area contributed by atoms with E-state index in [0.717, 1.165) is 49.3 Å². The average Bonchev–Trinajstić information content (AvgIpc) is 3.51. The SMILES string of the molecule is COc1c(F)cccc1Nc1c2[nH]c3c1C(=O)NC[C@@H]3CCCN1CCC[C@@H]1CCOc1cnccc1-2. The minimum atomic E-state index is -0.479. The quantitative estimate of drug-likeness (QED) is 0.473. The molecule has 1 fully saturated rings. The first-order valence-electron chi connectivity index (χ1n) is 13.1. The highest BCUT2D eigenvalue weighted by molar-refractivity contribution is 6.07. The third-order valence-electron chi connectivity index (χ3n) is 7.86. The molecule has 37 heavy (non-hydrogen) atoms. The number of hydrogen-bond donors (Lipinski definition) is 3. The number of pyridine rings is 1. The zero-order valence-corrected chi connectivity index (χ0v) is 21.0. The van der Waals surface area contributed by atoms with Gasteiger partial charge in [0, 0.05) is 36.0 Å². The van der Waals surface area contributed by atoms with Gasteiger partial charge in [-0.2, -0.15) is 0 Å². The van der Waals surface area contributed by atoms with E-state index in [1.165, 1.54) is 26.0 Å². The van der Waals surface area contributed by atoms with Crippen molar-refractivity contribution in [2.75, 3.05) is 38.7 Å². The van der Waals surface area contributed by atoms with E-state index in [2.05, 4.69) is 25.5 Å². The third kappa shape index (κ3) is 4.41. The molecular weight excluding hydrogens is 473 g/mol. The molecule has 8 nitrogen and oxygen atoms in total. The molecule has 9 heteroatoms. The summed E-state index contributed by atoms with van der Waals surface area (Å²) in [6.07, 6.45) is 8.83. The number of aromatic nitrogens is 2. The largest absolute Gasteiger partial charge is 0.492 e. The van der Waals surface area contributed by atoms with Crippen molar-refractivity contribution in [2.24, 2.45) is 0 Å². The second kappa shape index (κ2) is 10.0. The van der Waals surface area contributed by atoms with Gasteiger partial charge in [-0.05, 0) is 63.4 Å². The summed E-state index contributed by atoms with van der Waals surface area (Å²) in [4.78, 5) is 23.8. The Bertz CT molecular complexity index is 1310. The van der Waals surface area contributed by atoms with Crippen molar-refractivity contribution in [1.82, 2.24) is 20.2 Å². The molecule has 0 unspecified atom stereocenters. The van der Waals surface area contributed by atoms with Crippen LogP contribution in [-0.4, -0.2) is 60.2 Å². The minimum Gasteiger partial charge on any atom is -0.492 e. The maximum Gasteiger partial charge on any atom is 0.255 e. The maximum absolute atomic E-state index is 14.5. The molecule has 194 valence electrons. The fourth-order valence-electron chi connectivity index (χ4n) is 6.05. The molecule has 3 aromatic rings. The number of anilines is 2.